The van der Waals surface area contributed by atoms with Crippen LogP contribution in [0, 0.1) is 0 Å². The zero-order valence-electron chi connectivity index (χ0n) is 14.4. The van der Waals surface area contributed by atoms with Crippen LogP contribution in [0.3, 0.4) is 0 Å². The fourth-order valence-corrected chi connectivity index (χ4v) is 3.01. The fraction of sp³-hybridized carbons (Fsp3) is 0.211. The molecule has 2 N–H and O–H groups in total. The number of hydrogen-bond donors (Lipinski definition) is 2. The standard InChI is InChI=1S/C19H14F6N2O/c1-26-17-14(16(28)15(27-17)10-5-3-2-4-6-10)11-7-12(18(20,21)22)9-13(8-11)19(23,24)25/h2-9,15,26-27H,1H3. The Hall–Kier alpha value is -2.97. The van der Waals surface area contributed by atoms with E-state index in [1.54, 1.807) is 30.3 Å². The molecule has 0 radical (unpaired) electrons. The number of carbonyl (C=O) groups is 1. The van der Waals surface area contributed by atoms with E-state index < -0.39 is 40.9 Å². The van der Waals surface area contributed by atoms with Crippen molar-refractivity contribution in [2.45, 2.75) is 18.4 Å². The number of rotatable bonds is 3. The zero-order chi connectivity index (χ0) is 20.7. The number of hydrogen-bond acceptors (Lipinski definition) is 3. The quantitative estimate of drug-likeness (QED) is 0.745. The molecule has 0 spiro atoms. The Labute approximate surface area is 156 Å². The Morgan fingerprint density at radius 2 is 1.43 bits per heavy atom. The second kappa shape index (κ2) is 6.88. The summed E-state index contributed by atoms with van der Waals surface area (Å²) in [6.45, 7) is 0. The highest BCUT2D eigenvalue weighted by molar-refractivity contribution is 6.26. The highest BCUT2D eigenvalue weighted by Gasteiger charge is 2.40. The molecule has 2 aromatic rings. The highest BCUT2D eigenvalue weighted by Crippen LogP contribution is 2.40. The average Bonchev–Trinajstić information content (AvgIpc) is 2.97. The number of ketones is 1. The number of halogens is 6. The van der Waals surface area contributed by atoms with Crippen LogP contribution in [0.15, 0.2) is 54.4 Å². The van der Waals surface area contributed by atoms with Gasteiger partial charge in [0, 0.05) is 7.05 Å². The summed E-state index contributed by atoms with van der Waals surface area (Å²) in [5, 5.41) is 5.47. The number of Topliss-reactive ketones (excluding diaryl/α,β-unsaturated/α-hetero) is 1. The molecule has 1 heterocycles. The first-order valence-electron chi connectivity index (χ1n) is 8.10. The Balaban J connectivity index is 2.14. The van der Waals surface area contributed by atoms with Gasteiger partial charge in [-0.15, -0.1) is 0 Å². The van der Waals surface area contributed by atoms with Crippen LogP contribution in [0.25, 0.3) is 5.57 Å². The lowest BCUT2D eigenvalue weighted by atomic mass is 9.93. The van der Waals surface area contributed by atoms with Crippen molar-refractivity contribution in [3.05, 3.63) is 76.6 Å². The molecule has 3 nitrogen and oxygen atoms in total. The maximum atomic E-state index is 13.1. The molecule has 2 aromatic carbocycles. The second-order valence-corrected chi connectivity index (χ2v) is 6.15. The lowest BCUT2D eigenvalue weighted by Crippen LogP contribution is -2.24. The van der Waals surface area contributed by atoms with Crippen LogP contribution >= 0.6 is 0 Å². The van der Waals surface area contributed by atoms with Gasteiger partial charge in [-0.3, -0.25) is 4.79 Å². The molecular formula is C19H14F6N2O. The summed E-state index contributed by atoms with van der Waals surface area (Å²) in [6, 6.07) is 8.56. The van der Waals surface area contributed by atoms with Gasteiger partial charge in [0.2, 0.25) is 0 Å². The summed E-state index contributed by atoms with van der Waals surface area (Å²) in [5.41, 5.74) is -3.12. The van der Waals surface area contributed by atoms with Crippen molar-refractivity contribution in [3.63, 3.8) is 0 Å². The average molecular weight is 400 g/mol. The van der Waals surface area contributed by atoms with Crippen LogP contribution in [0.5, 0.6) is 0 Å². The Bertz CT molecular complexity index is 899. The minimum Gasteiger partial charge on any atom is -0.374 e. The van der Waals surface area contributed by atoms with E-state index in [0.29, 0.717) is 17.7 Å². The molecule has 28 heavy (non-hydrogen) atoms. The summed E-state index contributed by atoms with van der Waals surface area (Å²) in [7, 11) is 1.42. The van der Waals surface area contributed by atoms with E-state index in [0.717, 1.165) is 0 Å². The molecule has 0 aliphatic carbocycles. The van der Waals surface area contributed by atoms with Crippen LogP contribution in [-0.2, 0) is 17.1 Å². The molecule has 9 heteroatoms. The summed E-state index contributed by atoms with van der Waals surface area (Å²) in [4.78, 5) is 12.9. The first-order valence-corrected chi connectivity index (χ1v) is 8.10. The van der Waals surface area contributed by atoms with E-state index in [2.05, 4.69) is 10.6 Å². The van der Waals surface area contributed by atoms with E-state index in [-0.39, 0.29) is 17.5 Å². The molecule has 1 unspecified atom stereocenters. The summed E-state index contributed by atoms with van der Waals surface area (Å²) in [6.07, 6.45) is -9.99. The van der Waals surface area contributed by atoms with Crippen molar-refractivity contribution in [3.8, 4) is 0 Å². The normalized spacial score (nSPS) is 17.7. The van der Waals surface area contributed by atoms with Crippen molar-refractivity contribution in [1.29, 1.82) is 0 Å². The van der Waals surface area contributed by atoms with Gasteiger partial charge in [-0.2, -0.15) is 26.3 Å². The fourth-order valence-electron chi connectivity index (χ4n) is 3.01. The molecular weight excluding hydrogens is 386 g/mol. The van der Waals surface area contributed by atoms with E-state index >= 15 is 0 Å². The van der Waals surface area contributed by atoms with Gasteiger partial charge in [0.05, 0.1) is 16.7 Å². The first-order chi connectivity index (χ1) is 13.0. The van der Waals surface area contributed by atoms with E-state index in [1.807, 2.05) is 0 Å². The van der Waals surface area contributed by atoms with Crippen LogP contribution < -0.4 is 10.6 Å². The molecule has 1 atom stereocenters. The number of benzene rings is 2. The molecule has 3 rings (SSSR count). The van der Waals surface area contributed by atoms with E-state index in [4.69, 9.17) is 0 Å². The maximum absolute atomic E-state index is 13.1. The van der Waals surface area contributed by atoms with Crippen molar-refractivity contribution in [2.75, 3.05) is 7.05 Å². The monoisotopic (exact) mass is 400 g/mol. The molecule has 1 aliphatic rings. The lowest BCUT2D eigenvalue weighted by molar-refractivity contribution is -0.143. The van der Waals surface area contributed by atoms with Gasteiger partial charge in [0.1, 0.15) is 11.9 Å². The van der Waals surface area contributed by atoms with Gasteiger partial charge in [-0.05, 0) is 29.3 Å². The number of carbonyl (C=O) groups excluding carboxylic acids is 1. The largest absolute Gasteiger partial charge is 0.416 e. The zero-order valence-corrected chi connectivity index (χ0v) is 14.4. The summed E-state index contributed by atoms with van der Waals surface area (Å²) in [5.74, 6) is -0.561. The molecule has 0 fully saturated rings. The van der Waals surface area contributed by atoms with Gasteiger partial charge < -0.3 is 10.6 Å². The van der Waals surface area contributed by atoms with Crippen molar-refractivity contribution < 1.29 is 31.1 Å². The van der Waals surface area contributed by atoms with Gasteiger partial charge >= 0.3 is 12.4 Å². The topological polar surface area (TPSA) is 41.1 Å². The van der Waals surface area contributed by atoms with Crippen LogP contribution in [-0.4, -0.2) is 12.8 Å². The predicted molar refractivity (Wildman–Crippen MR) is 89.8 cm³/mol. The maximum Gasteiger partial charge on any atom is 0.416 e. The molecule has 0 saturated carbocycles. The molecule has 0 aromatic heterocycles. The van der Waals surface area contributed by atoms with Crippen molar-refractivity contribution in [1.82, 2.24) is 10.6 Å². The second-order valence-electron chi connectivity index (χ2n) is 6.15. The third-order valence-electron chi connectivity index (χ3n) is 4.31. The highest BCUT2D eigenvalue weighted by atomic mass is 19.4. The van der Waals surface area contributed by atoms with Gasteiger partial charge in [0.25, 0.3) is 0 Å². The minimum atomic E-state index is -5.00. The smallest absolute Gasteiger partial charge is 0.374 e. The molecule has 0 bridgehead atoms. The van der Waals surface area contributed by atoms with Gasteiger partial charge in [-0.25, -0.2) is 0 Å². The van der Waals surface area contributed by atoms with Gasteiger partial charge in [0.15, 0.2) is 5.78 Å². The number of alkyl halides is 6. The van der Waals surface area contributed by atoms with Crippen molar-refractivity contribution >= 4 is 11.4 Å². The van der Waals surface area contributed by atoms with Crippen LogP contribution in [0.2, 0.25) is 0 Å². The molecule has 1 aliphatic heterocycles. The van der Waals surface area contributed by atoms with Crippen LogP contribution in [0.4, 0.5) is 26.3 Å². The molecule has 0 amide bonds. The molecule has 0 saturated heterocycles. The Kier molecular flexibility index (Phi) is 4.86. The predicted octanol–water partition coefficient (Wildman–Crippen LogP) is 4.53. The van der Waals surface area contributed by atoms with E-state index in [9.17, 15) is 31.1 Å². The lowest BCUT2D eigenvalue weighted by Gasteiger charge is -2.15. The Morgan fingerprint density at radius 1 is 0.893 bits per heavy atom. The third-order valence-corrected chi connectivity index (χ3v) is 4.31. The van der Waals surface area contributed by atoms with Crippen molar-refractivity contribution in [2.24, 2.45) is 0 Å². The van der Waals surface area contributed by atoms with Gasteiger partial charge in [-0.1, -0.05) is 30.3 Å². The van der Waals surface area contributed by atoms with E-state index in [1.165, 1.54) is 7.05 Å². The third kappa shape index (κ3) is 3.69. The SMILES string of the molecule is CNC1=C(c2cc(C(F)(F)F)cc(C(F)(F)F)c2)C(=O)C(c2ccccc2)N1. The minimum absolute atomic E-state index is 0.0324. The summed E-state index contributed by atoms with van der Waals surface area (Å²) < 4.78 is 78.8. The van der Waals surface area contributed by atoms with Crippen LogP contribution in [0.1, 0.15) is 28.3 Å². The Morgan fingerprint density at radius 3 is 1.89 bits per heavy atom. The number of nitrogens with one attached hydrogen (secondary N) is 2. The molecule has 148 valence electrons. The first kappa shape index (κ1) is 19.8. The summed E-state index contributed by atoms with van der Waals surface area (Å²) >= 11 is 0.